The summed E-state index contributed by atoms with van der Waals surface area (Å²) >= 11 is 1.42. The smallest absolute Gasteiger partial charge is 0.183 e. The van der Waals surface area contributed by atoms with Crippen molar-refractivity contribution >= 4 is 21.6 Å². The number of methoxy groups -OCH3 is 2. The van der Waals surface area contributed by atoms with Crippen molar-refractivity contribution in [1.82, 2.24) is 4.57 Å². The maximum absolute atomic E-state index is 8.02. The molecule has 0 bridgehead atoms. The molecule has 0 amide bonds. The molecule has 0 saturated carbocycles. The number of nitrogens with zero attached hydrogens (tertiary/aromatic N) is 1. The summed E-state index contributed by atoms with van der Waals surface area (Å²) in [5.41, 5.74) is 0.962. The number of aromatic nitrogens is 1. The van der Waals surface area contributed by atoms with Crippen molar-refractivity contribution < 1.29 is 9.47 Å². The quantitative estimate of drug-likeness (QED) is 0.909. The van der Waals surface area contributed by atoms with Gasteiger partial charge < -0.3 is 14.0 Å². The summed E-state index contributed by atoms with van der Waals surface area (Å²) in [4.78, 5) is 0.532. The largest absolute Gasteiger partial charge is 0.495 e. The Morgan fingerprint density at radius 1 is 1.24 bits per heavy atom. The zero-order chi connectivity index (χ0) is 12.4. The summed E-state index contributed by atoms with van der Waals surface area (Å²) in [5.74, 6) is 1.60. The van der Waals surface area contributed by atoms with Crippen molar-refractivity contribution in [2.45, 2.75) is 19.9 Å². The zero-order valence-electron chi connectivity index (χ0n) is 10.2. The minimum atomic E-state index is 0.532. The van der Waals surface area contributed by atoms with E-state index in [0.29, 0.717) is 4.80 Å². The fourth-order valence-electron chi connectivity index (χ4n) is 1.90. The lowest BCUT2D eigenvalue weighted by atomic mass is 10.3. The molecule has 0 unspecified atom stereocenters. The lowest BCUT2D eigenvalue weighted by molar-refractivity contribution is 0.409. The van der Waals surface area contributed by atoms with Crippen molar-refractivity contribution in [2.24, 2.45) is 0 Å². The lowest BCUT2D eigenvalue weighted by Crippen LogP contribution is -2.12. The van der Waals surface area contributed by atoms with E-state index in [4.69, 9.17) is 14.9 Å². The highest BCUT2D eigenvalue weighted by molar-refractivity contribution is 7.16. The second-order valence-corrected chi connectivity index (χ2v) is 4.71. The van der Waals surface area contributed by atoms with Gasteiger partial charge in [-0.25, -0.2) is 0 Å². The van der Waals surface area contributed by atoms with Gasteiger partial charge in [0.05, 0.1) is 14.2 Å². The van der Waals surface area contributed by atoms with E-state index < -0.39 is 0 Å². The number of hydrogen-bond donors (Lipinski definition) is 1. The maximum Gasteiger partial charge on any atom is 0.183 e. The summed E-state index contributed by atoms with van der Waals surface area (Å²) < 4.78 is 13.7. The third-order valence-electron chi connectivity index (χ3n) is 2.66. The van der Waals surface area contributed by atoms with Crippen LogP contribution in [-0.2, 0) is 6.54 Å². The van der Waals surface area contributed by atoms with Crippen molar-refractivity contribution in [3.05, 3.63) is 16.9 Å². The number of hydrogen-bond acceptors (Lipinski definition) is 4. The average molecular weight is 252 g/mol. The Morgan fingerprint density at radius 2 is 1.88 bits per heavy atom. The van der Waals surface area contributed by atoms with E-state index in [0.717, 1.165) is 34.7 Å². The first-order chi connectivity index (χ1) is 8.22. The summed E-state index contributed by atoms with van der Waals surface area (Å²) in [5, 5.41) is 8.02. The van der Waals surface area contributed by atoms with Gasteiger partial charge in [-0.3, -0.25) is 5.41 Å². The minimum Gasteiger partial charge on any atom is -0.495 e. The van der Waals surface area contributed by atoms with Gasteiger partial charge in [-0.2, -0.15) is 0 Å². The van der Waals surface area contributed by atoms with Gasteiger partial charge in [0, 0.05) is 6.54 Å². The van der Waals surface area contributed by atoms with Gasteiger partial charge >= 0.3 is 0 Å². The molecule has 0 aliphatic carbocycles. The molecule has 0 spiro atoms. The van der Waals surface area contributed by atoms with Gasteiger partial charge in [0.2, 0.25) is 0 Å². The second-order valence-electron chi connectivity index (χ2n) is 3.71. The highest BCUT2D eigenvalue weighted by Crippen LogP contribution is 2.34. The first-order valence-corrected chi connectivity index (χ1v) is 6.33. The summed E-state index contributed by atoms with van der Waals surface area (Å²) in [6.45, 7) is 2.92. The SMILES string of the molecule is CCCn1c(=N)sc2c(OC)ccc(OC)c21. The highest BCUT2D eigenvalue weighted by Gasteiger charge is 2.14. The summed E-state index contributed by atoms with van der Waals surface area (Å²) in [6.07, 6.45) is 0.989. The van der Waals surface area contributed by atoms with Crippen molar-refractivity contribution in [1.29, 1.82) is 5.41 Å². The molecule has 4 nitrogen and oxygen atoms in total. The molecule has 92 valence electrons. The molecule has 1 aromatic heterocycles. The Labute approximate surface area is 104 Å². The van der Waals surface area contributed by atoms with Gasteiger partial charge in [-0.15, -0.1) is 0 Å². The normalized spacial score (nSPS) is 10.8. The van der Waals surface area contributed by atoms with Crippen LogP contribution in [0.5, 0.6) is 11.5 Å². The number of nitrogens with one attached hydrogen (secondary N) is 1. The number of ether oxygens (including phenoxy) is 2. The van der Waals surface area contributed by atoms with Crippen LogP contribution >= 0.6 is 11.3 Å². The van der Waals surface area contributed by atoms with Crippen LogP contribution in [0.25, 0.3) is 10.2 Å². The fraction of sp³-hybridized carbons (Fsp3) is 0.417. The number of fused-ring (bicyclic) bond motifs is 1. The number of thiazole rings is 1. The van der Waals surface area contributed by atoms with E-state index in [1.165, 1.54) is 11.3 Å². The molecule has 1 N–H and O–H groups in total. The summed E-state index contributed by atoms with van der Waals surface area (Å²) in [7, 11) is 3.30. The van der Waals surface area contributed by atoms with Crippen LogP contribution in [-0.4, -0.2) is 18.8 Å². The Bertz CT molecular complexity index is 586. The zero-order valence-corrected chi connectivity index (χ0v) is 11.1. The van der Waals surface area contributed by atoms with Crippen LogP contribution in [0.2, 0.25) is 0 Å². The Hall–Kier alpha value is -1.49. The van der Waals surface area contributed by atoms with Crippen LogP contribution in [0.15, 0.2) is 12.1 Å². The average Bonchev–Trinajstić information content (AvgIpc) is 2.66. The monoisotopic (exact) mass is 252 g/mol. The van der Waals surface area contributed by atoms with E-state index in [1.54, 1.807) is 14.2 Å². The molecule has 0 radical (unpaired) electrons. The Balaban J connectivity index is 2.81. The second kappa shape index (κ2) is 4.79. The Kier molecular flexibility index (Phi) is 3.38. The molecule has 2 aromatic rings. The molecule has 1 aromatic carbocycles. The molecule has 0 saturated heterocycles. The number of aryl methyl sites for hydroxylation is 1. The molecule has 0 atom stereocenters. The predicted octanol–water partition coefficient (Wildman–Crippen LogP) is 2.61. The Morgan fingerprint density at radius 3 is 2.47 bits per heavy atom. The summed E-state index contributed by atoms with van der Waals surface area (Å²) in [6, 6.07) is 3.77. The van der Waals surface area contributed by atoms with Gasteiger partial charge in [0.15, 0.2) is 4.80 Å². The molecule has 0 fully saturated rings. The molecule has 0 aliphatic heterocycles. The molecule has 2 rings (SSSR count). The lowest BCUT2D eigenvalue weighted by Gasteiger charge is -2.09. The fourth-order valence-corrected chi connectivity index (χ4v) is 2.95. The third-order valence-corrected chi connectivity index (χ3v) is 3.67. The first-order valence-electron chi connectivity index (χ1n) is 5.51. The minimum absolute atomic E-state index is 0.532. The van der Waals surface area contributed by atoms with Crippen molar-refractivity contribution in [3.63, 3.8) is 0 Å². The van der Waals surface area contributed by atoms with Gasteiger partial charge in [0.1, 0.15) is 21.7 Å². The highest BCUT2D eigenvalue weighted by atomic mass is 32.1. The van der Waals surface area contributed by atoms with Crippen LogP contribution < -0.4 is 14.3 Å². The van der Waals surface area contributed by atoms with Crippen LogP contribution in [0.3, 0.4) is 0 Å². The van der Waals surface area contributed by atoms with Crippen molar-refractivity contribution in [3.8, 4) is 11.5 Å². The predicted molar refractivity (Wildman–Crippen MR) is 69.1 cm³/mol. The molecule has 1 heterocycles. The molecular formula is C12H16N2O2S. The van der Waals surface area contributed by atoms with Crippen molar-refractivity contribution in [2.75, 3.05) is 14.2 Å². The molecular weight excluding hydrogens is 236 g/mol. The number of rotatable bonds is 4. The van der Waals surface area contributed by atoms with E-state index >= 15 is 0 Å². The van der Waals surface area contributed by atoms with E-state index in [-0.39, 0.29) is 0 Å². The maximum atomic E-state index is 8.02. The van der Waals surface area contributed by atoms with Crippen LogP contribution in [0.1, 0.15) is 13.3 Å². The third kappa shape index (κ3) is 1.91. The van der Waals surface area contributed by atoms with Gasteiger partial charge in [-0.05, 0) is 18.6 Å². The number of benzene rings is 1. The molecule has 17 heavy (non-hydrogen) atoms. The first kappa shape index (κ1) is 12.0. The van der Waals surface area contributed by atoms with Crippen LogP contribution in [0, 0.1) is 5.41 Å². The standard InChI is InChI=1S/C12H16N2O2S/c1-4-7-14-10-8(15-2)5-6-9(16-3)11(10)17-12(14)13/h5-6,13H,4,7H2,1-3H3. The van der Waals surface area contributed by atoms with Gasteiger partial charge in [0.25, 0.3) is 0 Å². The van der Waals surface area contributed by atoms with E-state index in [1.807, 2.05) is 16.7 Å². The topological polar surface area (TPSA) is 47.2 Å². The van der Waals surface area contributed by atoms with E-state index in [2.05, 4.69) is 6.92 Å². The molecule has 5 heteroatoms. The van der Waals surface area contributed by atoms with E-state index in [9.17, 15) is 0 Å². The van der Waals surface area contributed by atoms with Crippen LogP contribution in [0.4, 0.5) is 0 Å². The van der Waals surface area contributed by atoms with Gasteiger partial charge in [-0.1, -0.05) is 18.3 Å². The molecule has 0 aliphatic rings.